The van der Waals surface area contributed by atoms with Gasteiger partial charge in [-0.25, -0.2) is 0 Å². The normalized spacial score (nSPS) is 12.2. The minimum Gasteiger partial charge on any atom is -0.309 e. The Hall–Kier alpha value is -8.76. The van der Waals surface area contributed by atoms with Gasteiger partial charge in [-0.1, -0.05) is 237 Å². The summed E-state index contributed by atoms with van der Waals surface area (Å²) in [5.41, 5.74) is 5.76. The van der Waals surface area contributed by atoms with Crippen LogP contribution in [0.5, 0.6) is 0 Å². The quantitative estimate of drug-likeness (QED) is 0.0986. The van der Waals surface area contributed by atoms with Crippen LogP contribution in [0.3, 0.4) is 0 Å². The van der Waals surface area contributed by atoms with Crippen molar-refractivity contribution in [2.24, 2.45) is 0 Å². The summed E-state index contributed by atoms with van der Waals surface area (Å²) in [4.78, 5) is 5.15. The molecule has 0 amide bonds. The van der Waals surface area contributed by atoms with Crippen LogP contribution in [-0.2, 0) is 0 Å². The van der Waals surface area contributed by atoms with Gasteiger partial charge in [-0.3, -0.25) is 4.98 Å². The first-order valence-corrected chi connectivity index (χ1v) is 32.0. The zero-order valence-electron chi connectivity index (χ0n) is 41.9. The predicted octanol–water partition coefficient (Wildman–Crippen LogP) is 13.3. The standard InChI is InChI=1S/C71H48N2S2Si2/c1-5-23-51(24-6-1)76(52-25-7-2-8-26-52,55-31-19-21-49(45-55)70-71-62(43-44-72-70)61-35-15-18-38-67(61)75-71)57-39-41-68-63(47-57)64-48-58(40-42-69(64)74-68)77(53-27-9-3-10-28-53,54-29-11-4-12-30-54)56-32-20-22-50(46-56)73-65-36-16-13-33-59(65)60-34-14-17-37-66(60)73/h1-48H. The van der Waals surface area contributed by atoms with Gasteiger partial charge in [0.1, 0.15) is 0 Å². The molecular weight excluding hydrogens is 1000 g/mol. The number of hydrogen-bond acceptors (Lipinski definition) is 3. The van der Waals surface area contributed by atoms with Crippen LogP contribution < -0.4 is 41.5 Å². The molecule has 362 valence electrons. The van der Waals surface area contributed by atoms with Crippen molar-refractivity contribution in [3.05, 3.63) is 291 Å². The lowest BCUT2D eigenvalue weighted by Gasteiger charge is -2.35. The van der Waals surface area contributed by atoms with Crippen LogP contribution in [0, 0.1) is 0 Å². The van der Waals surface area contributed by atoms with Gasteiger partial charge in [0.15, 0.2) is 16.1 Å². The summed E-state index contributed by atoms with van der Waals surface area (Å²) < 4.78 is 7.56. The molecule has 0 fully saturated rings. The lowest BCUT2D eigenvalue weighted by atomic mass is 10.1. The molecule has 0 saturated carbocycles. The summed E-state index contributed by atoms with van der Waals surface area (Å²) in [6, 6.07) is 108. The molecule has 15 rings (SSSR count). The molecule has 0 bridgehead atoms. The van der Waals surface area contributed by atoms with Crippen LogP contribution in [0.4, 0.5) is 0 Å². The van der Waals surface area contributed by atoms with Crippen LogP contribution in [0.25, 0.3) is 79.1 Å². The first-order chi connectivity index (χ1) is 38.2. The van der Waals surface area contributed by atoms with Crippen LogP contribution in [0.15, 0.2) is 291 Å². The SMILES string of the molecule is c1ccc([Si](c2ccccc2)(c2cccc(-c3nccc4c3sc3ccccc34)c2)c2ccc3sc4ccc([Si](c5ccccc5)(c5ccccc5)c5cccc(-n6c7ccccc7c7ccccc76)c5)cc4c3c2)cc1. The van der Waals surface area contributed by atoms with Crippen molar-refractivity contribution < 1.29 is 0 Å². The second kappa shape index (κ2) is 18.5. The van der Waals surface area contributed by atoms with Crippen LogP contribution in [0.2, 0.25) is 0 Å². The fourth-order valence-corrected chi connectivity index (χ4v) is 24.7. The second-order valence-corrected chi connectivity index (χ2v) is 29.9. The largest absolute Gasteiger partial charge is 0.309 e. The highest BCUT2D eigenvalue weighted by Gasteiger charge is 2.44. The Morgan fingerprint density at radius 1 is 0.286 bits per heavy atom. The van der Waals surface area contributed by atoms with E-state index < -0.39 is 16.1 Å². The molecule has 15 aromatic rings. The molecule has 0 spiro atoms. The topological polar surface area (TPSA) is 17.8 Å². The molecule has 0 aliphatic rings. The zero-order chi connectivity index (χ0) is 50.9. The molecule has 11 aromatic carbocycles. The number of rotatable bonds is 10. The summed E-state index contributed by atoms with van der Waals surface area (Å²) in [6.07, 6.45) is 1.99. The van der Waals surface area contributed by atoms with Crippen molar-refractivity contribution in [1.29, 1.82) is 0 Å². The summed E-state index contributed by atoms with van der Waals surface area (Å²) >= 11 is 3.74. The Labute approximate surface area is 457 Å². The van der Waals surface area contributed by atoms with Gasteiger partial charge < -0.3 is 4.57 Å². The average molecular weight is 1050 g/mol. The van der Waals surface area contributed by atoms with Crippen LogP contribution >= 0.6 is 22.7 Å². The number of fused-ring (bicyclic) bond motifs is 9. The molecule has 0 aliphatic heterocycles. The molecular formula is C71H48N2S2Si2. The minimum atomic E-state index is -3.04. The van der Waals surface area contributed by atoms with E-state index in [0.717, 1.165) is 11.3 Å². The number of pyridine rings is 1. The van der Waals surface area contributed by atoms with E-state index in [1.165, 1.54) is 109 Å². The Morgan fingerprint density at radius 3 is 1.26 bits per heavy atom. The number of thiophene rings is 2. The highest BCUT2D eigenvalue weighted by Crippen LogP contribution is 2.39. The molecule has 0 saturated heterocycles. The van der Waals surface area contributed by atoms with Gasteiger partial charge in [0, 0.05) is 63.9 Å². The minimum absolute atomic E-state index is 1.03. The van der Waals surface area contributed by atoms with Gasteiger partial charge in [-0.15, -0.1) is 22.7 Å². The van der Waals surface area contributed by atoms with Gasteiger partial charge in [-0.05, 0) is 90.0 Å². The van der Waals surface area contributed by atoms with Gasteiger partial charge in [0.25, 0.3) is 0 Å². The van der Waals surface area contributed by atoms with Gasteiger partial charge in [-0.2, -0.15) is 0 Å². The van der Waals surface area contributed by atoms with Gasteiger partial charge >= 0.3 is 0 Å². The molecule has 0 atom stereocenters. The van der Waals surface area contributed by atoms with Crippen molar-refractivity contribution in [3.63, 3.8) is 0 Å². The Kier molecular flexibility index (Phi) is 11.0. The smallest absolute Gasteiger partial charge is 0.179 e. The number of benzene rings is 11. The molecule has 6 heteroatoms. The summed E-state index contributed by atoms with van der Waals surface area (Å²) in [5, 5.41) is 18.4. The third-order valence-corrected chi connectivity index (χ3v) is 28.0. The number of para-hydroxylation sites is 2. The van der Waals surface area contributed by atoms with E-state index in [0.29, 0.717) is 0 Å². The molecule has 4 aromatic heterocycles. The third-order valence-electron chi connectivity index (χ3n) is 16.1. The molecule has 0 N–H and O–H groups in total. The predicted molar refractivity (Wildman–Crippen MR) is 337 cm³/mol. The maximum atomic E-state index is 5.15. The lowest BCUT2D eigenvalue weighted by molar-refractivity contribution is 1.18. The van der Waals surface area contributed by atoms with E-state index in [9.17, 15) is 0 Å². The van der Waals surface area contributed by atoms with Crippen molar-refractivity contribution in [3.8, 4) is 16.9 Å². The molecule has 0 radical (unpaired) electrons. The van der Waals surface area contributed by atoms with Crippen molar-refractivity contribution >= 4 is 142 Å². The summed E-state index contributed by atoms with van der Waals surface area (Å²) in [6.45, 7) is 0. The Bertz CT molecular complexity index is 4570. The monoisotopic (exact) mass is 1050 g/mol. The molecule has 77 heavy (non-hydrogen) atoms. The fourth-order valence-electron chi connectivity index (χ4n) is 12.8. The first kappa shape index (κ1) is 45.6. The maximum Gasteiger partial charge on any atom is 0.179 e. The maximum absolute atomic E-state index is 5.15. The van der Waals surface area contributed by atoms with Crippen molar-refractivity contribution in [1.82, 2.24) is 9.55 Å². The van der Waals surface area contributed by atoms with Crippen molar-refractivity contribution in [2.45, 2.75) is 0 Å². The van der Waals surface area contributed by atoms with E-state index in [4.69, 9.17) is 4.98 Å². The molecule has 2 nitrogen and oxygen atoms in total. The first-order valence-electron chi connectivity index (χ1n) is 26.3. The Balaban J connectivity index is 0.975. The number of hydrogen-bond donors (Lipinski definition) is 0. The van der Waals surface area contributed by atoms with Gasteiger partial charge in [0.05, 0.1) is 21.4 Å². The average Bonchev–Trinajstić information content (AvgIpc) is 4.38. The second-order valence-electron chi connectivity index (χ2n) is 20.1. The van der Waals surface area contributed by atoms with Crippen LogP contribution in [-0.4, -0.2) is 25.7 Å². The van der Waals surface area contributed by atoms with E-state index >= 15 is 0 Å². The molecule has 0 unspecified atom stereocenters. The fraction of sp³-hybridized carbons (Fsp3) is 0. The van der Waals surface area contributed by atoms with E-state index in [1.807, 2.05) is 28.9 Å². The number of aromatic nitrogens is 2. The van der Waals surface area contributed by atoms with Crippen molar-refractivity contribution in [2.75, 3.05) is 0 Å². The Morgan fingerprint density at radius 2 is 0.714 bits per heavy atom. The number of nitrogens with zero attached hydrogens (tertiary/aromatic N) is 2. The van der Waals surface area contributed by atoms with E-state index in [-0.39, 0.29) is 0 Å². The molecule has 4 heterocycles. The third kappa shape index (κ3) is 7.14. The summed E-state index contributed by atoms with van der Waals surface area (Å²) in [7, 11) is -6.07. The van der Waals surface area contributed by atoms with Crippen LogP contribution in [0.1, 0.15) is 0 Å². The highest BCUT2D eigenvalue weighted by atomic mass is 32.1. The highest BCUT2D eigenvalue weighted by molar-refractivity contribution is 7.27. The van der Waals surface area contributed by atoms with E-state index in [1.54, 1.807) is 0 Å². The van der Waals surface area contributed by atoms with Gasteiger partial charge in [0.2, 0.25) is 0 Å². The van der Waals surface area contributed by atoms with E-state index in [2.05, 4.69) is 290 Å². The summed E-state index contributed by atoms with van der Waals surface area (Å²) in [5.74, 6) is 0. The zero-order valence-corrected chi connectivity index (χ0v) is 45.6. The lowest BCUT2D eigenvalue weighted by Crippen LogP contribution is -2.74. The molecule has 0 aliphatic carbocycles.